The van der Waals surface area contributed by atoms with E-state index < -0.39 is 0 Å². The van der Waals surface area contributed by atoms with Gasteiger partial charge in [0.1, 0.15) is 5.52 Å². The van der Waals surface area contributed by atoms with Crippen LogP contribution in [-0.4, -0.2) is 32.9 Å². The first-order chi connectivity index (χ1) is 9.65. The molecule has 0 fully saturated rings. The molecule has 0 saturated carbocycles. The van der Waals surface area contributed by atoms with Gasteiger partial charge in [0.05, 0.1) is 5.69 Å². The van der Waals surface area contributed by atoms with Crippen LogP contribution in [0.1, 0.15) is 45.2 Å². The van der Waals surface area contributed by atoms with E-state index >= 15 is 0 Å². The summed E-state index contributed by atoms with van der Waals surface area (Å²) in [6.07, 6.45) is 5.51. The van der Waals surface area contributed by atoms with Crippen molar-refractivity contribution in [1.82, 2.24) is 14.6 Å². The highest BCUT2D eigenvalue weighted by molar-refractivity contribution is 5.67. The van der Waals surface area contributed by atoms with Gasteiger partial charge in [-0.25, -0.2) is 9.50 Å². The Kier molecular flexibility index (Phi) is 4.95. The molecular weight excluding hydrogens is 252 g/mol. The van der Waals surface area contributed by atoms with Crippen molar-refractivity contribution >= 4 is 11.3 Å². The predicted molar refractivity (Wildman–Crippen MR) is 81.0 cm³/mol. The van der Waals surface area contributed by atoms with Crippen LogP contribution >= 0.6 is 0 Å². The van der Waals surface area contributed by atoms with Gasteiger partial charge < -0.3 is 10.4 Å². The van der Waals surface area contributed by atoms with Gasteiger partial charge in [-0.15, -0.1) is 0 Å². The number of aliphatic hydroxyl groups is 1. The predicted octanol–water partition coefficient (Wildman–Crippen LogP) is 2.67. The summed E-state index contributed by atoms with van der Waals surface area (Å²) in [5, 5.41) is 17.0. The van der Waals surface area contributed by atoms with E-state index in [9.17, 15) is 0 Å². The van der Waals surface area contributed by atoms with E-state index in [0.717, 1.165) is 36.4 Å². The maximum absolute atomic E-state index is 9.04. The first-order valence-corrected chi connectivity index (χ1v) is 7.34. The Hall–Kier alpha value is -1.62. The molecule has 5 heteroatoms. The smallest absolute Gasteiger partial charge is 0.152 e. The van der Waals surface area contributed by atoms with Crippen molar-refractivity contribution in [3.63, 3.8) is 0 Å². The number of nitrogens with one attached hydrogen (secondary N) is 1. The van der Waals surface area contributed by atoms with Crippen molar-refractivity contribution in [1.29, 1.82) is 0 Å². The molecule has 0 saturated heterocycles. The molecule has 0 spiro atoms. The number of hydrogen-bond donors (Lipinski definition) is 2. The van der Waals surface area contributed by atoms with Crippen LogP contribution in [0, 0.1) is 5.92 Å². The number of hydrogen-bond acceptors (Lipinski definition) is 4. The maximum Gasteiger partial charge on any atom is 0.152 e. The number of fused-ring (bicyclic) bond motifs is 1. The molecule has 0 aliphatic carbocycles. The van der Waals surface area contributed by atoms with E-state index in [2.05, 4.69) is 42.2 Å². The van der Waals surface area contributed by atoms with Crippen molar-refractivity contribution in [2.75, 3.05) is 18.5 Å². The summed E-state index contributed by atoms with van der Waals surface area (Å²) in [5.41, 5.74) is 2.08. The zero-order valence-electron chi connectivity index (χ0n) is 12.5. The van der Waals surface area contributed by atoms with E-state index in [1.165, 1.54) is 0 Å². The average Bonchev–Trinajstić information content (AvgIpc) is 2.88. The number of anilines is 1. The van der Waals surface area contributed by atoms with E-state index in [1.807, 2.05) is 10.7 Å². The zero-order chi connectivity index (χ0) is 14.5. The summed E-state index contributed by atoms with van der Waals surface area (Å²) in [6, 6.07) is 2.09. The Morgan fingerprint density at radius 1 is 1.40 bits per heavy atom. The van der Waals surface area contributed by atoms with Gasteiger partial charge in [0.15, 0.2) is 5.82 Å². The van der Waals surface area contributed by atoms with Crippen molar-refractivity contribution < 1.29 is 5.11 Å². The Morgan fingerprint density at radius 3 is 2.85 bits per heavy atom. The van der Waals surface area contributed by atoms with Crippen molar-refractivity contribution in [2.45, 2.75) is 39.5 Å². The fourth-order valence-electron chi connectivity index (χ4n) is 2.23. The summed E-state index contributed by atoms with van der Waals surface area (Å²) in [4.78, 5) is 4.41. The van der Waals surface area contributed by atoms with Gasteiger partial charge in [-0.3, -0.25) is 0 Å². The first kappa shape index (κ1) is 14.8. The fraction of sp³-hybridized carbons (Fsp3) is 0.600. The molecule has 2 aromatic rings. The fourth-order valence-corrected chi connectivity index (χ4v) is 2.23. The van der Waals surface area contributed by atoms with Crippen LogP contribution in [0.15, 0.2) is 18.5 Å². The molecule has 2 aromatic heterocycles. The summed E-state index contributed by atoms with van der Waals surface area (Å²) in [5.74, 6) is 1.73. The third-order valence-corrected chi connectivity index (χ3v) is 3.67. The second-order valence-corrected chi connectivity index (χ2v) is 5.50. The van der Waals surface area contributed by atoms with Crippen molar-refractivity contribution in [2.24, 2.45) is 5.92 Å². The summed E-state index contributed by atoms with van der Waals surface area (Å²) >= 11 is 0. The summed E-state index contributed by atoms with van der Waals surface area (Å²) < 4.78 is 1.87. The van der Waals surface area contributed by atoms with E-state index in [1.54, 1.807) is 6.20 Å². The minimum absolute atomic E-state index is 0.238. The highest BCUT2D eigenvalue weighted by Crippen LogP contribution is 2.20. The molecule has 0 aliphatic heterocycles. The quantitative estimate of drug-likeness (QED) is 0.816. The summed E-state index contributed by atoms with van der Waals surface area (Å²) in [7, 11) is 0. The lowest BCUT2D eigenvalue weighted by Crippen LogP contribution is -2.16. The highest BCUT2D eigenvalue weighted by atomic mass is 16.3. The van der Waals surface area contributed by atoms with Gasteiger partial charge in [-0.05, 0) is 24.3 Å². The summed E-state index contributed by atoms with van der Waals surface area (Å²) in [6.45, 7) is 7.48. The van der Waals surface area contributed by atoms with Crippen LogP contribution in [0.2, 0.25) is 0 Å². The van der Waals surface area contributed by atoms with Crippen LogP contribution in [0.5, 0.6) is 0 Å². The minimum atomic E-state index is 0.238. The van der Waals surface area contributed by atoms with Gasteiger partial charge in [-0.1, -0.05) is 27.2 Å². The van der Waals surface area contributed by atoms with Crippen LogP contribution in [-0.2, 0) is 0 Å². The number of rotatable bonds is 7. The molecule has 1 atom stereocenters. The molecule has 0 bridgehead atoms. The normalized spacial score (nSPS) is 13.1. The molecule has 0 amide bonds. The number of aromatic nitrogens is 3. The second kappa shape index (κ2) is 6.70. The van der Waals surface area contributed by atoms with Crippen LogP contribution < -0.4 is 5.32 Å². The van der Waals surface area contributed by atoms with Crippen molar-refractivity contribution in [3.05, 3.63) is 24.2 Å². The first-order valence-electron chi connectivity index (χ1n) is 7.34. The molecule has 2 rings (SSSR count). The van der Waals surface area contributed by atoms with E-state index in [-0.39, 0.29) is 6.61 Å². The molecule has 2 N–H and O–H groups in total. The van der Waals surface area contributed by atoms with Gasteiger partial charge >= 0.3 is 0 Å². The topological polar surface area (TPSA) is 62.5 Å². The van der Waals surface area contributed by atoms with Gasteiger partial charge in [-0.2, -0.15) is 5.10 Å². The highest BCUT2D eigenvalue weighted by Gasteiger charge is 2.11. The molecule has 2 heterocycles. The molecule has 0 aliphatic rings. The molecule has 0 aromatic carbocycles. The van der Waals surface area contributed by atoms with Gasteiger partial charge in [0.25, 0.3) is 0 Å². The lowest BCUT2D eigenvalue weighted by Gasteiger charge is -2.15. The second-order valence-electron chi connectivity index (χ2n) is 5.50. The molecular formula is C15H24N4O. The maximum atomic E-state index is 9.04. The average molecular weight is 276 g/mol. The molecule has 0 radical (unpaired) electrons. The number of nitrogens with zero attached hydrogens (tertiary/aromatic N) is 3. The van der Waals surface area contributed by atoms with Crippen LogP contribution in [0.4, 0.5) is 5.82 Å². The van der Waals surface area contributed by atoms with Crippen LogP contribution in [0.25, 0.3) is 5.52 Å². The Labute approximate surface area is 120 Å². The van der Waals surface area contributed by atoms with Crippen molar-refractivity contribution in [3.8, 4) is 0 Å². The van der Waals surface area contributed by atoms with E-state index in [0.29, 0.717) is 11.8 Å². The molecule has 5 nitrogen and oxygen atoms in total. The Balaban J connectivity index is 2.17. The monoisotopic (exact) mass is 276 g/mol. The molecule has 1 unspecified atom stereocenters. The third kappa shape index (κ3) is 3.28. The van der Waals surface area contributed by atoms with Gasteiger partial charge in [0, 0.05) is 25.5 Å². The lowest BCUT2D eigenvalue weighted by molar-refractivity contribution is 0.258. The SMILES string of the molecule is CCC(CCO)CNc1nccn2nc(C(C)C)cc12. The molecule has 20 heavy (non-hydrogen) atoms. The Bertz CT molecular complexity index is 550. The Morgan fingerprint density at radius 2 is 2.20 bits per heavy atom. The largest absolute Gasteiger partial charge is 0.396 e. The van der Waals surface area contributed by atoms with E-state index in [4.69, 9.17) is 5.11 Å². The van der Waals surface area contributed by atoms with Gasteiger partial charge in [0.2, 0.25) is 0 Å². The third-order valence-electron chi connectivity index (χ3n) is 3.67. The lowest BCUT2D eigenvalue weighted by atomic mass is 10.0. The standard InChI is InChI=1S/C15H24N4O/c1-4-12(5-8-20)10-17-15-14-9-13(11(2)3)18-19(14)7-6-16-15/h6-7,9,11-12,20H,4-5,8,10H2,1-3H3,(H,16,17). The minimum Gasteiger partial charge on any atom is -0.396 e. The molecule has 110 valence electrons. The van der Waals surface area contributed by atoms with Crippen LogP contribution in [0.3, 0.4) is 0 Å². The number of aliphatic hydroxyl groups excluding tert-OH is 1. The zero-order valence-corrected chi connectivity index (χ0v) is 12.5.